The fraction of sp³-hybridized carbons (Fsp3) is 0.643. The zero-order valence-electron chi connectivity index (χ0n) is 12.9. The van der Waals surface area contributed by atoms with Gasteiger partial charge in [0.2, 0.25) is 0 Å². The minimum atomic E-state index is -0.146. The monoisotopic (exact) mass is 312 g/mol. The number of hydrogen-bond acceptors (Lipinski definition) is 6. The topological polar surface area (TPSA) is 79.6 Å². The molecule has 1 atom stereocenters. The molecule has 118 valence electrons. The Balaban J connectivity index is 2.07. The summed E-state index contributed by atoms with van der Waals surface area (Å²) < 4.78 is 5.35. The summed E-state index contributed by atoms with van der Waals surface area (Å²) in [5.41, 5.74) is 6.44. The molecular formula is C14H24N4O2S. The maximum Gasteiger partial charge on any atom is 0.263 e. The van der Waals surface area contributed by atoms with E-state index in [0.717, 1.165) is 24.6 Å². The molecule has 1 aliphatic rings. The smallest absolute Gasteiger partial charge is 0.263 e. The predicted molar refractivity (Wildman–Crippen MR) is 87.4 cm³/mol. The van der Waals surface area contributed by atoms with Gasteiger partial charge in [-0.3, -0.25) is 4.79 Å². The highest BCUT2D eigenvalue weighted by atomic mass is 32.1. The van der Waals surface area contributed by atoms with Gasteiger partial charge in [0, 0.05) is 19.6 Å². The molecule has 0 aliphatic carbocycles. The summed E-state index contributed by atoms with van der Waals surface area (Å²) in [6, 6.07) is 0. The van der Waals surface area contributed by atoms with Crippen molar-refractivity contribution in [2.45, 2.75) is 13.3 Å². The van der Waals surface area contributed by atoms with Crippen LogP contribution in [-0.2, 0) is 0 Å². The lowest BCUT2D eigenvalue weighted by atomic mass is 10.1. The highest BCUT2D eigenvalue weighted by Gasteiger charge is 2.23. The Hall–Kier alpha value is -1.47. The zero-order valence-corrected chi connectivity index (χ0v) is 13.7. The first-order valence-electron chi connectivity index (χ1n) is 7.23. The zero-order chi connectivity index (χ0) is 15.4. The third-order valence-electron chi connectivity index (χ3n) is 3.69. The molecule has 1 saturated heterocycles. The van der Waals surface area contributed by atoms with E-state index < -0.39 is 0 Å². The van der Waals surface area contributed by atoms with Gasteiger partial charge >= 0.3 is 0 Å². The average molecular weight is 312 g/mol. The standard InChI is InChI=1S/C14H24N4O2S/c1-4-16-13(19)12-10(15)11(20-3)14(21-12)17-7-9-5-6-18(2)8-9/h9,17H,4-8,15H2,1-3H3,(H,16,19). The molecule has 7 heteroatoms. The van der Waals surface area contributed by atoms with Gasteiger partial charge in [0.05, 0.1) is 7.11 Å². The number of nitrogen functional groups attached to an aromatic ring is 1. The number of nitrogens with one attached hydrogen (secondary N) is 2. The summed E-state index contributed by atoms with van der Waals surface area (Å²) in [6.45, 7) is 5.57. The predicted octanol–water partition coefficient (Wildman–Crippen LogP) is 1.45. The number of nitrogens with two attached hydrogens (primary N) is 1. The number of anilines is 2. The number of thiophene rings is 1. The van der Waals surface area contributed by atoms with Crippen molar-refractivity contribution >= 4 is 27.9 Å². The fourth-order valence-electron chi connectivity index (χ4n) is 2.59. The van der Waals surface area contributed by atoms with Gasteiger partial charge in [-0.25, -0.2) is 0 Å². The van der Waals surface area contributed by atoms with E-state index in [0.29, 0.717) is 28.8 Å². The molecule has 0 aromatic carbocycles. The molecule has 0 radical (unpaired) electrons. The molecule has 1 unspecified atom stereocenters. The van der Waals surface area contributed by atoms with E-state index in [2.05, 4.69) is 22.6 Å². The van der Waals surface area contributed by atoms with Crippen molar-refractivity contribution in [2.24, 2.45) is 5.92 Å². The van der Waals surface area contributed by atoms with Crippen LogP contribution in [0.3, 0.4) is 0 Å². The van der Waals surface area contributed by atoms with Crippen LogP contribution in [-0.4, -0.2) is 51.1 Å². The second-order valence-electron chi connectivity index (χ2n) is 5.36. The first-order valence-corrected chi connectivity index (χ1v) is 8.05. The number of likely N-dealkylation sites (tertiary alicyclic amines) is 1. The Morgan fingerprint density at radius 2 is 2.33 bits per heavy atom. The summed E-state index contributed by atoms with van der Waals surface area (Å²) in [7, 11) is 3.71. The van der Waals surface area contributed by atoms with E-state index in [4.69, 9.17) is 10.5 Å². The lowest BCUT2D eigenvalue weighted by Gasteiger charge is -2.12. The van der Waals surface area contributed by atoms with Crippen LogP contribution in [0.2, 0.25) is 0 Å². The molecule has 4 N–H and O–H groups in total. The molecule has 21 heavy (non-hydrogen) atoms. The minimum Gasteiger partial charge on any atom is -0.492 e. The van der Waals surface area contributed by atoms with Gasteiger partial charge in [0.25, 0.3) is 5.91 Å². The lowest BCUT2D eigenvalue weighted by molar-refractivity contribution is 0.0960. The molecule has 1 fully saturated rings. The number of amides is 1. The van der Waals surface area contributed by atoms with Crippen molar-refractivity contribution in [1.82, 2.24) is 10.2 Å². The number of hydrogen-bond donors (Lipinski definition) is 3. The minimum absolute atomic E-state index is 0.146. The summed E-state index contributed by atoms with van der Waals surface area (Å²) >= 11 is 1.36. The fourth-order valence-corrected chi connectivity index (χ4v) is 3.60. The van der Waals surface area contributed by atoms with Crippen LogP contribution >= 0.6 is 11.3 Å². The SMILES string of the molecule is CCNC(=O)c1sc(NCC2CCN(C)C2)c(OC)c1N. The van der Waals surface area contributed by atoms with Crippen molar-refractivity contribution in [3.8, 4) is 5.75 Å². The van der Waals surface area contributed by atoms with Crippen molar-refractivity contribution in [1.29, 1.82) is 0 Å². The largest absolute Gasteiger partial charge is 0.492 e. The van der Waals surface area contributed by atoms with E-state index in [9.17, 15) is 4.79 Å². The first kappa shape index (κ1) is 15.9. The van der Waals surface area contributed by atoms with E-state index in [1.54, 1.807) is 7.11 Å². The Morgan fingerprint density at radius 1 is 1.57 bits per heavy atom. The van der Waals surface area contributed by atoms with E-state index >= 15 is 0 Å². The van der Waals surface area contributed by atoms with E-state index in [1.165, 1.54) is 17.8 Å². The van der Waals surface area contributed by atoms with Crippen LogP contribution in [0, 0.1) is 5.92 Å². The van der Waals surface area contributed by atoms with Gasteiger partial charge in [0.15, 0.2) is 5.75 Å². The molecule has 2 heterocycles. The van der Waals surface area contributed by atoms with Gasteiger partial charge in [0.1, 0.15) is 15.6 Å². The average Bonchev–Trinajstić information content (AvgIpc) is 3.00. The van der Waals surface area contributed by atoms with Gasteiger partial charge in [-0.2, -0.15) is 0 Å². The van der Waals surface area contributed by atoms with Crippen LogP contribution in [0.1, 0.15) is 23.0 Å². The lowest BCUT2D eigenvalue weighted by Crippen LogP contribution is -2.22. The van der Waals surface area contributed by atoms with Crippen LogP contribution in [0.5, 0.6) is 5.75 Å². The second kappa shape index (κ2) is 7.00. The van der Waals surface area contributed by atoms with Crippen molar-refractivity contribution in [2.75, 3.05) is 51.4 Å². The summed E-state index contributed by atoms with van der Waals surface area (Å²) in [5, 5.41) is 7.00. The quantitative estimate of drug-likeness (QED) is 0.741. The number of rotatable bonds is 6. The Morgan fingerprint density at radius 3 is 2.90 bits per heavy atom. The second-order valence-corrected chi connectivity index (χ2v) is 6.39. The van der Waals surface area contributed by atoms with Crippen LogP contribution in [0.25, 0.3) is 0 Å². The maximum atomic E-state index is 12.0. The van der Waals surface area contributed by atoms with Crippen molar-refractivity contribution in [3.63, 3.8) is 0 Å². The number of ether oxygens (including phenoxy) is 1. The molecule has 1 aromatic heterocycles. The molecule has 1 aromatic rings. The summed E-state index contributed by atoms with van der Waals surface area (Å²) in [5.74, 6) is 1.05. The Kier molecular flexibility index (Phi) is 5.30. The van der Waals surface area contributed by atoms with Gasteiger partial charge < -0.3 is 26.0 Å². The number of nitrogens with zero attached hydrogens (tertiary/aromatic N) is 1. The molecule has 2 rings (SSSR count). The molecule has 1 amide bonds. The molecular weight excluding hydrogens is 288 g/mol. The van der Waals surface area contributed by atoms with Gasteiger partial charge in [-0.1, -0.05) is 0 Å². The van der Waals surface area contributed by atoms with Crippen molar-refractivity contribution < 1.29 is 9.53 Å². The summed E-state index contributed by atoms with van der Waals surface area (Å²) in [4.78, 5) is 14.8. The van der Waals surface area contributed by atoms with Crippen molar-refractivity contribution in [3.05, 3.63) is 4.88 Å². The summed E-state index contributed by atoms with van der Waals surface area (Å²) in [6.07, 6.45) is 1.19. The van der Waals surface area contributed by atoms with Gasteiger partial charge in [-0.15, -0.1) is 11.3 Å². The first-order chi connectivity index (χ1) is 10.1. The van der Waals surface area contributed by atoms with Crippen LogP contribution < -0.4 is 21.1 Å². The van der Waals surface area contributed by atoms with Crippen LogP contribution in [0.4, 0.5) is 10.7 Å². The normalized spacial score (nSPS) is 18.7. The van der Waals surface area contributed by atoms with E-state index in [1.807, 2.05) is 6.92 Å². The molecule has 0 spiro atoms. The third kappa shape index (κ3) is 3.59. The third-order valence-corrected chi connectivity index (χ3v) is 4.83. The number of carbonyl (C=O) groups excluding carboxylic acids is 1. The molecule has 0 saturated carbocycles. The molecule has 1 aliphatic heterocycles. The Labute approximate surface area is 129 Å². The Bertz CT molecular complexity index is 503. The highest BCUT2D eigenvalue weighted by molar-refractivity contribution is 7.19. The van der Waals surface area contributed by atoms with Gasteiger partial charge in [-0.05, 0) is 32.9 Å². The molecule has 6 nitrogen and oxygen atoms in total. The maximum absolute atomic E-state index is 12.0. The number of carbonyl (C=O) groups is 1. The van der Waals surface area contributed by atoms with Crippen LogP contribution in [0.15, 0.2) is 0 Å². The van der Waals surface area contributed by atoms with E-state index in [-0.39, 0.29) is 5.91 Å². The highest BCUT2D eigenvalue weighted by Crippen LogP contribution is 2.42. The molecule has 0 bridgehead atoms. The number of methoxy groups -OCH3 is 1.